The molecule has 2 aromatic carbocycles. The number of halogens is 3. The zero-order valence-electron chi connectivity index (χ0n) is 20.7. The average Bonchev–Trinajstić information content (AvgIpc) is 2.89. The van der Waals surface area contributed by atoms with Crippen LogP contribution in [0.15, 0.2) is 54.7 Å². The lowest BCUT2D eigenvalue weighted by Crippen LogP contribution is -2.20. The Morgan fingerprint density at radius 1 is 1.11 bits per heavy atom. The smallest absolute Gasteiger partial charge is 0.421 e. The van der Waals surface area contributed by atoms with Gasteiger partial charge >= 0.3 is 6.18 Å². The Morgan fingerprint density at radius 3 is 2.71 bits per heavy atom. The van der Waals surface area contributed by atoms with E-state index in [-0.39, 0.29) is 17.2 Å². The molecule has 0 aliphatic carbocycles. The van der Waals surface area contributed by atoms with Crippen LogP contribution in [0.5, 0.6) is 17.2 Å². The van der Waals surface area contributed by atoms with Crippen molar-refractivity contribution in [2.24, 2.45) is 0 Å². The highest BCUT2D eigenvalue weighted by Crippen LogP contribution is 2.37. The summed E-state index contributed by atoms with van der Waals surface area (Å²) in [6, 6.07) is 9.48. The first-order valence-electron chi connectivity index (χ1n) is 11.7. The quantitative estimate of drug-likeness (QED) is 0.376. The summed E-state index contributed by atoms with van der Waals surface area (Å²) in [5.41, 5.74) is -0.431. The van der Waals surface area contributed by atoms with Gasteiger partial charge in [-0.25, -0.2) is 4.98 Å². The van der Waals surface area contributed by atoms with Crippen molar-refractivity contribution in [1.29, 1.82) is 0 Å². The normalized spacial score (nSPS) is 14.7. The van der Waals surface area contributed by atoms with E-state index in [2.05, 4.69) is 25.9 Å². The van der Waals surface area contributed by atoms with Gasteiger partial charge in [-0.05, 0) is 37.1 Å². The lowest BCUT2D eigenvalue weighted by molar-refractivity contribution is -0.137. The van der Waals surface area contributed by atoms with Gasteiger partial charge in [0.2, 0.25) is 5.95 Å². The number of alkyl halides is 3. The Hall–Kier alpha value is -4.48. The molecule has 0 saturated carbocycles. The van der Waals surface area contributed by atoms with Crippen LogP contribution in [-0.4, -0.2) is 43.2 Å². The van der Waals surface area contributed by atoms with E-state index in [0.717, 1.165) is 6.42 Å². The summed E-state index contributed by atoms with van der Waals surface area (Å²) < 4.78 is 58.5. The topological polar surface area (TPSA) is 107 Å². The Bertz CT molecular complexity index is 1330. The van der Waals surface area contributed by atoms with Crippen LogP contribution in [-0.2, 0) is 6.18 Å². The highest BCUT2D eigenvalue weighted by atomic mass is 19.4. The molecule has 1 aromatic heterocycles. The molecule has 12 heteroatoms. The van der Waals surface area contributed by atoms with E-state index in [4.69, 9.17) is 14.2 Å². The van der Waals surface area contributed by atoms with Gasteiger partial charge in [0.25, 0.3) is 5.91 Å². The fraction of sp³-hybridized carbons (Fsp3) is 0.269. The number of carbonyl (C=O) groups is 1. The molecule has 3 N–H and O–H groups in total. The van der Waals surface area contributed by atoms with Gasteiger partial charge in [-0.15, -0.1) is 0 Å². The minimum Gasteiger partial charge on any atom is -0.494 e. The van der Waals surface area contributed by atoms with Gasteiger partial charge in [0, 0.05) is 31.1 Å². The van der Waals surface area contributed by atoms with Crippen molar-refractivity contribution in [3.05, 3.63) is 65.9 Å². The molecule has 1 amide bonds. The molecule has 3 heterocycles. The molecule has 0 fully saturated rings. The molecule has 5 rings (SSSR count). The molecule has 0 saturated heterocycles. The first-order chi connectivity index (χ1) is 18.3. The van der Waals surface area contributed by atoms with Crippen molar-refractivity contribution >= 4 is 29.0 Å². The maximum atomic E-state index is 13.9. The highest BCUT2D eigenvalue weighted by molar-refractivity contribution is 6.00. The van der Waals surface area contributed by atoms with E-state index >= 15 is 0 Å². The fourth-order valence-electron chi connectivity index (χ4n) is 3.63. The summed E-state index contributed by atoms with van der Waals surface area (Å²) in [5.74, 6) is 0.162. The first-order valence-corrected chi connectivity index (χ1v) is 11.7. The third kappa shape index (κ3) is 6.44. The average molecular weight is 530 g/mol. The van der Waals surface area contributed by atoms with Gasteiger partial charge in [-0.3, -0.25) is 4.79 Å². The molecular weight excluding hydrogens is 503 g/mol. The van der Waals surface area contributed by atoms with Crippen molar-refractivity contribution in [3.63, 3.8) is 0 Å². The SMILES string of the molecule is CNC(=O)c1ccc2cc1Nc1nc(ncc1C(F)(F)F)Nc1ccc(c(OC)c1)OC/C=C\CCCO2. The predicted octanol–water partition coefficient (Wildman–Crippen LogP) is 5.46. The van der Waals surface area contributed by atoms with E-state index in [1.165, 1.54) is 26.3 Å². The van der Waals surface area contributed by atoms with Crippen molar-refractivity contribution < 1.29 is 32.2 Å². The number of amides is 1. The van der Waals surface area contributed by atoms with Gasteiger partial charge in [0.05, 0.1) is 25.0 Å². The van der Waals surface area contributed by atoms with Gasteiger partial charge in [0.1, 0.15) is 23.7 Å². The third-order valence-corrected chi connectivity index (χ3v) is 5.52. The van der Waals surface area contributed by atoms with Crippen LogP contribution in [0, 0.1) is 0 Å². The number of hydrogen-bond donors (Lipinski definition) is 3. The third-order valence-electron chi connectivity index (χ3n) is 5.52. The van der Waals surface area contributed by atoms with Crippen molar-refractivity contribution in [3.8, 4) is 17.2 Å². The van der Waals surface area contributed by atoms with E-state index < -0.39 is 23.5 Å². The zero-order valence-corrected chi connectivity index (χ0v) is 20.7. The molecule has 38 heavy (non-hydrogen) atoms. The van der Waals surface area contributed by atoms with Crippen LogP contribution in [0.25, 0.3) is 0 Å². The minimum absolute atomic E-state index is 0.0921. The number of methoxy groups -OCH3 is 1. The van der Waals surface area contributed by atoms with Gasteiger partial charge in [-0.2, -0.15) is 18.2 Å². The molecular formula is C26H26F3N5O4. The number of aromatic nitrogens is 2. The van der Waals surface area contributed by atoms with E-state index in [9.17, 15) is 18.0 Å². The Labute approximate surface area is 217 Å². The zero-order chi connectivity index (χ0) is 27.1. The molecule has 3 aromatic rings. The number of carbonyl (C=O) groups excluding carboxylic acids is 1. The molecule has 9 nitrogen and oxygen atoms in total. The molecule has 0 spiro atoms. The van der Waals surface area contributed by atoms with Gasteiger partial charge in [-0.1, -0.05) is 12.2 Å². The lowest BCUT2D eigenvalue weighted by Gasteiger charge is -2.18. The Morgan fingerprint density at radius 2 is 1.95 bits per heavy atom. The second-order valence-corrected chi connectivity index (χ2v) is 8.13. The number of nitrogens with one attached hydrogen (secondary N) is 3. The maximum absolute atomic E-state index is 13.9. The number of benzene rings is 2. The summed E-state index contributed by atoms with van der Waals surface area (Å²) in [7, 11) is 2.91. The monoisotopic (exact) mass is 529 g/mol. The first kappa shape index (κ1) is 26.6. The highest BCUT2D eigenvalue weighted by Gasteiger charge is 2.35. The molecule has 0 unspecified atom stereocenters. The largest absolute Gasteiger partial charge is 0.494 e. The molecule has 0 atom stereocenters. The minimum atomic E-state index is -4.76. The number of fused-ring (bicyclic) bond motifs is 8. The van der Waals surface area contributed by atoms with Crippen LogP contribution in [0.2, 0.25) is 0 Å². The van der Waals surface area contributed by atoms with Crippen molar-refractivity contribution in [1.82, 2.24) is 15.3 Å². The molecule has 2 aliphatic rings. The van der Waals surface area contributed by atoms with E-state index in [1.54, 1.807) is 24.3 Å². The second-order valence-electron chi connectivity index (χ2n) is 8.13. The molecule has 200 valence electrons. The Balaban J connectivity index is 1.79. The number of hydrogen-bond acceptors (Lipinski definition) is 8. The second kappa shape index (κ2) is 11.7. The summed E-state index contributed by atoms with van der Waals surface area (Å²) in [4.78, 5) is 20.4. The van der Waals surface area contributed by atoms with Crippen LogP contribution in [0.3, 0.4) is 0 Å². The predicted molar refractivity (Wildman–Crippen MR) is 136 cm³/mol. The number of allylic oxidation sites excluding steroid dienone is 1. The van der Waals surface area contributed by atoms with Crippen LogP contribution < -0.4 is 30.2 Å². The molecule has 2 aliphatic heterocycles. The molecule has 6 bridgehead atoms. The van der Waals surface area contributed by atoms with E-state index in [1.807, 2.05) is 12.2 Å². The summed E-state index contributed by atoms with van der Waals surface area (Å²) in [6.07, 6.45) is 1.18. The van der Waals surface area contributed by atoms with Crippen LogP contribution in [0.1, 0.15) is 28.8 Å². The van der Waals surface area contributed by atoms with Crippen molar-refractivity contribution in [2.45, 2.75) is 19.0 Å². The number of ether oxygens (including phenoxy) is 3. The van der Waals surface area contributed by atoms with Gasteiger partial charge in [0.15, 0.2) is 11.5 Å². The molecule has 0 radical (unpaired) electrons. The summed E-state index contributed by atoms with van der Waals surface area (Å²) in [6.45, 7) is 0.681. The van der Waals surface area contributed by atoms with Gasteiger partial charge < -0.3 is 30.2 Å². The number of nitrogens with zero attached hydrogens (tertiary/aromatic N) is 2. The van der Waals surface area contributed by atoms with Crippen molar-refractivity contribution in [2.75, 3.05) is 38.0 Å². The summed E-state index contributed by atoms with van der Waals surface area (Å²) in [5, 5.41) is 8.04. The lowest BCUT2D eigenvalue weighted by atomic mass is 10.1. The standard InChI is InChI=1S/C26H26F3N5O4/c1-30-24(35)18-9-8-17-14-20(18)33-23-19(26(27,28)29)15-31-25(34-23)32-16-7-10-21(22(13-16)36-2)38-12-6-4-3-5-11-37-17/h4,6-10,13-15H,3,5,11-12H2,1-2H3,(H,30,35)(H2,31,32,33,34)/b6-4-. The maximum Gasteiger partial charge on any atom is 0.421 e. The number of rotatable bonds is 2. The van der Waals surface area contributed by atoms with Crippen LogP contribution in [0.4, 0.5) is 36.3 Å². The van der Waals surface area contributed by atoms with Crippen LogP contribution >= 0.6 is 0 Å². The Kier molecular flexibility index (Phi) is 8.19. The number of anilines is 4. The van der Waals surface area contributed by atoms with E-state index in [0.29, 0.717) is 48.8 Å². The summed E-state index contributed by atoms with van der Waals surface area (Å²) >= 11 is 0. The fourth-order valence-corrected chi connectivity index (χ4v) is 3.63.